The molecule has 0 bridgehead atoms. The van der Waals surface area contributed by atoms with Gasteiger partial charge in [-0.05, 0) is 61.6 Å². The molecule has 0 aliphatic heterocycles. The summed E-state index contributed by atoms with van der Waals surface area (Å²) < 4.78 is 5.17. The number of hydrogen-bond acceptors (Lipinski definition) is 6. The topological polar surface area (TPSA) is 71.1 Å². The van der Waals surface area contributed by atoms with Crippen molar-refractivity contribution in [3.63, 3.8) is 0 Å². The van der Waals surface area contributed by atoms with Gasteiger partial charge in [0, 0.05) is 0 Å². The van der Waals surface area contributed by atoms with Gasteiger partial charge in [-0.1, -0.05) is 39.3 Å². The van der Waals surface area contributed by atoms with Gasteiger partial charge in [0.25, 0.3) is 0 Å². The van der Waals surface area contributed by atoms with Crippen molar-refractivity contribution in [1.82, 2.24) is 0 Å². The molecule has 1 aromatic rings. The zero-order valence-corrected chi connectivity index (χ0v) is 15.7. The Hall–Kier alpha value is -2.08. The van der Waals surface area contributed by atoms with Crippen LogP contribution in [0.15, 0.2) is 24.3 Å². The van der Waals surface area contributed by atoms with Crippen LogP contribution in [0.25, 0.3) is 0 Å². The maximum Gasteiger partial charge on any atom is 0.543 e. The Labute approximate surface area is 154 Å². The average molecular weight is 364 g/mol. The fraction of sp³-hybridized carbons (Fsp3) is 0.600. The molecule has 1 aliphatic carbocycles. The van der Waals surface area contributed by atoms with Crippen molar-refractivity contribution in [3.05, 3.63) is 35.4 Å². The molecule has 1 fully saturated rings. The summed E-state index contributed by atoms with van der Waals surface area (Å²) in [4.78, 5) is 32.3. The number of rotatable bonds is 7. The molecule has 1 saturated carbocycles. The van der Waals surface area contributed by atoms with Crippen LogP contribution in [0.1, 0.15) is 68.8 Å². The van der Waals surface area contributed by atoms with Gasteiger partial charge < -0.3 is 4.74 Å². The second kappa shape index (κ2) is 10.2. The second-order valence-electron chi connectivity index (χ2n) is 7.08. The third-order valence-corrected chi connectivity index (χ3v) is 5.03. The van der Waals surface area contributed by atoms with Crippen LogP contribution in [0, 0.1) is 11.8 Å². The van der Waals surface area contributed by atoms with E-state index in [1.54, 1.807) is 12.1 Å². The molecule has 0 heterocycles. The number of benzene rings is 1. The Bertz CT molecular complexity index is 582. The minimum Gasteiger partial charge on any atom is -0.429 e. The lowest BCUT2D eigenvalue weighted by molar-refractivity contribution is -0.453. The normalized spacial score (nSPS) is 22.5. The smallest absolute Gasteiger partial charge is 0.429 e. The Kier molecular flexibility index (Phi) is 7.91. The minimum absolute atomic E-state index is 0.191. The first-order chi connectivity index (χ1) is 12.5. The first-order valence-electron chi connectivity index (χ1n) is 9.34. The molecule has 6 heteroatoms. The van der Waals surface area contributed by atoms with E-state index >= 15 is 0 Å². The molecule has 144 valence electrons. The van der Waals surface area contributed by atoms with E-state index in [2.05, 4.69) is 35.6 Å². The highest BCUT2D eigenvalue weighted by molar-refractivity contribution is 5.88. The maximum atomic E-state index is 11.8. The van der Waals surface area contributed by atoms with Crippen molar-refractivity contribution in [2.24, 2.45) is 11.8 Å². The Morgan fingerprint density at radius 2 is 1.77 bits per heavy atom. The van der Waals surface area contributed by atoms with Crippen LogP contribution >= 0.6 is 0 Å². The monoisotopic (exact) mass is 364 g/mol. The lowest BCUT2D eigenvalue weighted by Crippen LogP contribution is -2.29. The molecule has 3 atom stereocenters. The number of hydrogen-bond donors (Lipinski definition) is 0. The van der Waals surface area contributed by atoms with Gasteiger partial charge in [-0.25, -0.2) is 14.5 Å². The Morgan fingerprint density at radius 3 is 2.42 bits per heavy atom. The lowest BCUT2D eigenvalue weighted by Gasteiger charge is -2.30. The van der Waals surface area contributed by atoms with E-state index in [1.807, 2.05) is 12.1 Å². The van der Waals surface area contributed by atoms with Crippen molar-refractivity contribution < 1.29 is 29.1 Å². The van der Waals surface area contributed by atoms with Gasteiger partial charge >= 0.3 is 12.1 Å². The largest absolute Gasteiger partial charge is 0.543 e. The van der Waals surface area contributed by atoms with Crippen molar-refractivity contribution in [1.29, 1.82) is 0 Å². The van der Waals surface area contributed by atoms with E-state index in [-0.39, 0.29) is 6.10 Å². The van der Waals surface area contributed by atoms with Crippen LogP contribution in [0.4, 0.5) is 4.79 Å². The van der Waals surface area contributed by atoms with Crippen LogP contribution < -0.4 is 0 Å². The highest BCUT2D eigenvalue weighted by atomic mass is 17.5. The van der Waals surface area contributed by atoms with Gasteiger partial charge in [-0.15, -0.1) is 0 Å². The predicted molar refractivity (Wildman–Crippen MR) is 95.1 cm³/mol. The summed E-state index contributed by atoms with van der Waals surface area (Å²) in [6.45, 7) is 6.46. The van der Waals surface area contributed by atoms with Crippen LogP contribution in [-0.4, -0.2) is 18.2 Å². The molecule has 1 aromatic carbocycles. The molecular formula is C20H28O6. The molecule has 0 radical (unpaired) electrons. The number of ether oxygens (including phenoxy) is 1. The number of carbonyl (C=O) groups excluding carboxylic acids is 2. The van der Waals surface area contributed by atoms with Gasteiger partial charge in [0.15, 0.2) is 0 Å². The lowest BCUT2D eigenvalue weighted by atomic mass is 9.80. The van der Waals surface area contributed by atoms with Gasteiger partial charge in [0.1, 0.15) is 6.10 Å². The summed E-state index contributed by atoms with van der Waals surface area (Å²) >= 11 is 0. The molecule has 0 spiro atoms. The summed E-state index contributed by atoms with van der Waals surface area (Å²) in [5.41, 5.74) is 1.47. The van der Waals surface area contributed by atoms with Gasteiger partial charge in [0.05, 0.1) is 10.6 Å². The molecule has 3 unspecified atom stereocenters. The van der Waals surface area contributed by atoms with Crippen LogP contribution in [-0.2, 0) is 26.0 Å². The predicted octanol–water partition coefficient (Wildman–Crippen LogP) is 5.01. The standard InChI is InChI=1S/C20H28O6/c1-4-5-6-16-8-10-17(11-9-16)19(21)24-26-25-20(22)23-18-12-7-14(2)15(3)13-18/h8-11,14-15,18H,4-7,12-13H2,1-3H3. The zero-order chi connectivity index (χ0) is 18.9. The fourth-order valence-electron chi connectivity index (χ4n) is 3.07. The quantitative estimate of drug-likeness (QED) is 0.385. The Balaban J connectivity index is 1.68. The van der Waals surface area contributed by atoms with E-state index in [0.29, 0.717) is 17.4 Å². The van der Waals surface area contributed by atoms with E-state index in [0.717, 1.165) is 44.1 Å². The molecule has 6 nitrogen and oxygen atoms in total. The van der Waals surface area contributed by atoms with Crippen LogP contribution in [0.5, 0.6) is 0 Å². The first kappa shape index (κ1) is 20.2. The molecule has 0 amide bonds. The number of unbranched alkanes of at least 4 members (excludes halogenated alkanes) is 1. The van der Waals surface area contributed by atoms with Crippen molar-refractivity contribution >= 4 is 12.1 Å². The van der Waals surface area contributed by atoms with Crippen LogP contribution in [0.3, 0.4) is 0 Å². The first-order valence-corrected chi connectivity index (χ1v) is 9.34. The van der Waals surface area contributed by atoms with Crippen molar-refractivity contribution in [2.75, 3.05) is 0 Å². The van der Waals surface area contributed by atoms with Crippen molar-refractivity contribution in [2.45, 2.75) is 65.4 Å². The third kappa shape index (κ3) is 6.33. The SMILES string of the molecule is CCCCc1ccc(C(=O)OOOC(=O)OC2CCC(C)C(C)C2)cc1. The Morgan fingerprint density at radius 1 is 1.04 bits per heavy atom. The maximum absolute atomic E-state index is 11.8. The number of aryl methyl sites for hydroxylation is 1. The summed E-state index contributed by atoms with van der Waals surface area (Å²) in [6.07, 6.45) is 4.58. The van der Waals surface area contributed by atoms with E-state index in [4.69, 9.17) is 4.74 Å². The van der Waals surface area contributed by atoms with Crippen molar-refractivity contribution in [3.8, 4) is 0 Å². The fourth-order valence-corrected chi connectivity index (χ4v) is 3.07. The highest BCUT2D eigenvalue weighted by Crippen LogP contribution is 2.31. The highest BCUT2D eigenvalue weighted by Gasteiger charge is 2.28. The summed E-state index contributed by atoms with van der Waals surface area (Å²) in [6, 6.07) is 7.04. The van der Waals surface area contributed by atoms with E-state index < -0.39 is 12.1 Å². The molecule has 26 heavy (non-hydrogen) atoms. The van der Waals surface area contributed by atoms with Gasteiger partial charge in [-0.3, -0.25) is 4.89 Å². The molecule has 0 saturated heterocycles. The van der Waals surface area contributed by atoms with E-state index in [9.17, 15) is 9.59 Å². The second-order valence-corrected chi connectivity index (χ2v) is 7.08. The van der Waals surface area contributed by atoms with Gasteiger partial charge in [0.2, 0.25) is 0 Å². The molecular weight excluding hydrogens is 336 g/mol. The number of carbonyl (C=O) groups is 2. The van der Waals surface area contributed by atoms with Crippen LogP contribution in [0.2, 0.25) is 0 Å². The molecule has 0 N–H and O–H groups in total. The molecule has 2 rings (SSSR count). The zero-order valence-electron chi connectivity index (χ0n) is 15.7. The summed E-state index contributed by atoms with van der Waals surface area (Å²) in [5, 5.41) is 4.27. The van der Waals surface area contributed by atoms with Gasteiger partial charge in [-0.2, -0.15) is 0 Å². The summed E-state index contributed by atoms with van der Waals surface area (Å²) in [7, 11) is 0. The molecule has 0 aromatic heterocycles. The summed E-state index contributed by atoms with van der Waals surface area (Å²) in [5.74, 6) is 0.372. The third-order valence-electron chi connectivity index (χ3n) is 5.03. The molecule has 1 aliphatic rings. The van der Waals surface area contributed by atoms with E-state index in [1.165, 1.54) is 0 Å². The minimum atomic E-state index is -1.00. The average Bonchev–Trinajstić information content (AvgIpc) is 2.63.